The number of likely N-dealkylation sites (N-methyl/N-ethyl adjacent to an activating group) is 1. The predicted molar refractivity (Wildman–Crippen MR) is 115 cm³/mol. The standard InChI is InChI=1S/C23H27FN4O3/c1-28(2)13-12-25-22(29)20(14-16-6-4-3-5-7-16)26-23(30)21-15-19(27-31-21)17-8-10-18(24)11-9-17/h3-11,20-21H,12-15H2,1-2H3,(H,25,29)(H,26,30)/p+1/t20-,21-/m1/s1. The van der Waals surface area contributed by atoms with Crippen LogP contribution in [0.2, 0.25) is 0 Å². The SMILES string of the molecule is C[NH+](C)CCNC(=O)[C@@H](Cc1ccccc1)NC(=O)[C@H]1CC(c2ccc(F)cc2)=NO1. The van der Waals surface area contributed by atoms with Gasteiger partial charge in [0.1, 0.15) is 11.9 Å². The summed E-state index contributed by atoms with van der Waals surface area (Å²) in [5, 5.41) is 9.67. The molecule has 2 amide bonds. The van der Waals surface area contributed by atoms with Crippen molar-refractivity contribution in [2.75, 3.05) is 27.2 Å². The fourth-order valence-corrected chi connectivity index (χ4v) is 3.21. The van der Waals surface area contributed by atoms with Crippen LogP contribution >= 0.6 is 0 Å². The second kappa shape index (κ2) is 10.7. The molecule has 8 heteroatoms. The Hall–Kier alpha value is -3.26. The second-order valence-electron chi connectivity index (χ2n) is 7.84. The van der Waals surface area contributed by atoms with E-state index < -0.39 is 18.1 Å². The molecule has 1 aliphatic rings. The molecular formula is C23H28FN4O3+. The third-order valence-corrected chi connectivity index (χ3v) is 4.98. The summed E-state index contributed by atoms with van der Waals surface area (Å²) in [4.78, 5) is 32.1. The first-order valence-corrected chi connectivity index (χ1v) is 10.3. The average molecular weight is 428 g/mol. The fourth-order valence-electron chi connectivity index (χ4n) is 3.21. The van der Waals surface area contributed by atoms with E-state index in [2.05, 4.69) is 15.8 Å². The highest BCUT2D eigenvalue weighted by molar-refractivity contribution is 6.04. The Balaban J connectivity index is 1.62. The maximum atomic E-state index is 13.1. The zero-order valence-electron chi connectivity index (χ0n) is 17.7. The van der Waals surface area contributed by atoms with E-state index in [0.717, 1.165) is 12.1 Å². The molecule has 0 spiro atoms. The number of quaternary nitrogens is 1. The predicted octanol–water partition coefficient (Wildman–Crippen LogP) is 0.307. The first-order valence-electron chi connectivity index (χ1n) is 10.3. The Morgan fingerprint density at radius 1 is 1.16 bits per heavy atom. The number of carbonyl (C=O) groups excluding carboxylic acids is 2. The van der Waals surface area contributed by atoms with Gasteiger partial charge in [-0.2, -0.15) is 0 Å². The van der Waals surface area contributed by atoms with E-state index in [1.807, 2.05) is 44.4 Å². The first-order chi connectivity index (χ1) is 14.9. The van der Waals surface area contributed by atoms with Crippen LogP contribution in [-0.2, 0) is 20.8 Å². The summed E-state index contributed by atoms with van der Waals surface area (Å²) in [6.07, 6.45) is -0.218. The summed E-state index contributed by atoms with van der Waals surface area (Å²) < 4.78 is 13.1. The highest BCUT2D eigenvalue weighted by atomic mass is 19.1. The average Bonchev–Trinajstić information content (AvgIpc) is 3.24. The lowest BCUT2D eigenvalue weighted by atomic mass is 10.0. The van der Waals surface area contributed by atoms with Crippen molar-refractivity contribution < 1.29 is 23.7 Å². The van der Waals surface area contributed by atoms with Gasteiger partial charge in [0.2, 0.25) is 12.0 Å². The molecule has 2 atom stereocenters. The minimum absolute atomic E-state index is 0.240. The van der Waals surface area contributed by atoms with Gasteiger partial charge in [0.15, 0.2) is 0 Å². The maximum absolute atomic E-state index is 13.1. The molecule has 2 aromatic rings. The number of oxime groups is 1. The van der Waals surface area contributed by atoms with E-state index >= 15 is 0 Å². The highest BCUT2D eigenvalue weighted by Crippen LogP contribution is 2.17. The topological polar surface area (TPSA) is 84.2 Å². The van der Waals surface area contributed by atoms with E-state index in [1.165, 1.54) is 17.0 Å². The van der Waals surface area contributed by atoms with Gasteiger partial charge in [-0.1, -0.05) is 47.6 Å². The van der Waals surface area contributed by atoms with Crippen LogP contribution in [0.4, 0.5) is 4.39 Å². The van der Waals surface area contributed by atoms with Crippen molar-refractivity contribution in [1.82, 2.24) is 10.6 Å². The van der Waals surface area contributed by atoms with Crippen molar-refractivity contribution in [1.29, 1.82) is 0 Å². The van der Waals surface area contributed by atoms with E-state index in [-0.39, 0.29) is 18.1 Å². The van der Waals surface area contributed by atoms with Crippen LogP contribution in [0.1, 0.15) is 17.5 Å². The fraction of sp³-hybridized carbons (Fsp3) is 0.348. The Kier molecular flexibility index (Phi) is 7.72. The van der Waals surface area contributed by atoms with Crippen LogP contribution in [0.5, 0.6) is 0 Å². The summed E-state index contributed by atoms with van der Waals surface area (Å²) in [6, 6.07) is 14.6. The highest BCUT2D eigenvalue weighted by Gasteiger charge is 2.32. The van der Waals surface area contributed by atoms with Crippen LogP contribution in [0.3, 0.4) is 0 Å². The number of benzene rings is 2. The van der Waals surface area contributed by atoms with E-state index in [0.29, 0.717) is 24.2 Å². The largest absolute Gasteiger partial charge is 0.382 e. The van der Waals surface area contributed by atoms with Gasteiger partial charge in [-0.15, -0.1) is 0 Å². The monoisotopic (exact) mass is 427 g/mol. The quantitative estimate of drug-likeness (QED) is 0.539. The van der Waals surface area contributed by atoms with Crippen molar-refractivity contribution in [3.05, 3.63) is 71.5 Å². The molecule has 0 saturated carbocycles. The number of rotatable bonds is 9. The van der Waals surface area contributed by atoms with Crippen LogP contribution in [-0.4, -0.2) is 56.9 Å². The summed E-state index contributed by atoms with van der Waals surface area (Å²) in [6.45, 7) is 1.29. The van der Waals surface area contributed by atoms with Gasteiger partial charge in [0.25, 0.3) is 5.91 Å². The summed E-state index contributed by atoms with van der Waals surface area (Å²) >= 11 is 0. The van der Waals surface area contributed by atoms with Gasteiger partial charge in [-0.25, -0.2) is 4.39 Å². The molecule has 0 bridgehead atoms. The molecule has 2 aromatic carbocycles. The Labute approximate surface area is 181 Å². The molecule has 0 saturated heterocycles. The number of amides is 2. The molecule has 7 nitrogen and oxygen atoms in total. The molecule has 3 N–H and O–H groups in total. The van der Waals surface area contributed by atoms with E-state index in [4.69, 9.17) is 4.84 Å². The Morgan fingerprint density at radius 2 is 1.87 bits per heavy atom. The molecule has 0 aliphatic carbocycles. The minimum Gasteiger partial charge on any atom is -0.382 e. The van der Waals surface area contributed by atoms with Gasteiger partial charge in [0.05, 0.1) is 32.9 Å². The lowest BCUT2D eigenvalue weighted by molar-refractivity contribution is -0.856. The number of halogens is 1. The van der Waals surface area contributed by atoms with Crippen molar-refractivity contribution >= 4 is 17.5 Å². The number of nitrogens with one attached hydrogen (secondary N) is 3. The lowest BCUT2D eigenvalue weighted by Gasteiger charge is -2.20. The smallest absolute Gasteiger partial charge is 0.265 e. The molecule has 1 aliphatic heterocycles. The van der Waals surface area contributed by atoms with Gasteiger partial charge in [-0.3, -0.25) is 9.59 Å². The molecule has 31 heavy (non-hydrogen) atoms. The zero-order chi connectivity index (χ0) is 22.2. The van der Waals surface area contributed by atoms with Crippen LogP contribution in [0, 0.1) is 5.82 Å². The van der Waals surface area contributed by atoms with Crippen molar-refractivity contribution in [2.24, 2.45) is 5.16 Å². The molecule has 164 valence electrons. The van der Waals surface area contributed by atoms with Gasteiger partial charge in [0, 0.05) is 12.8 Å². The summed E-state index contributed by atoms with van der Waals surface area (Å²) in [5.74, 6) is -0.991. The first kappa shape index (κ1) is 22.4. The van der Waals surface area contributed by atoms with Crippen LogP contribution < -0.4 is 15.5 Å². The van der Waals surface area contributed by atoms with Gasteiger partial charge < -0.3 is 20.4 Å². The van der Waals surface area contributed by atoms with E-state index in [9.17, 15) is 14.0 Å². The van der Waals surface area contributed by atoms with Crippen LogP contribution in [0.15, 0.2) is 59.8 Å². The molecule has 0 aromatic heterocycles. The third-order valence-electron chi connectivity index (χ3n) is 4.98. The molecule has 0 fully saturated rings. The Morgan fingerprint density at radius 3 is 2.55 bits per heavy atom. The molecule has 0 unspecified atom stereocenters. The van der Waals surface area contributed by atoms with Crippen LogP contribution in [0.25, 0.3) is 0 Å². The molecule has 3 rings (SSSR count). The van der Waals surface area contributed by atoms with Crippen molar-refractivity contribution in [3.63, 3.8) is 0 Å². The van der Waals surface area contributed by atoms with Gasteiger partial charge in [-0.05, 0) is 23.3 Å². The van der Waals surface area contributed by atoms with E-state index in [1.54, 1.807) is 12.1 Å². The summed E-state index contributed by atoms with van der Waals surface area (Å²) in [5.41, 5.74) is 2.21. The second-order valence-corrected chi connectivity index (χ2v) is 7.84. The number of carbonyl (C=O) groups is 2. The zero-order valence-corrected chi connectivity index (χ0v) is 17.7. The molecular weight excluding hydrogens is 399 g/mol. The summed E-state index contributed by atoms with van der Waals surface area (Å²) in [7, 11) is 4.01. The number of nitrogens with zero attached hydrogens (tertiary/aromatic N) is 1. The third kappa shape index (κ3) is 6.62. The Bertz CT molecular complexity index is 916. The van der Waals surface area contributed by atoms with Crippen molar-refractivity contribution in [3.8, 4) is 0 Å². The maximum Gasteiger partial charge on any atom is 0.265 e. The number of hydrogen-bond donors (Lipinski definition) is 3. The van der Waals surface area contributed by atoms with Crippen molar-refractivity contribution in [2.45, 2.75) is 25.0 Å². The van der Waals surface area contributed by atoms with Gasteiger partial charge >= 0.3 is 0 Å². The lowest BCUT2D eigenvalue weighted by Crippen LogP contribution is -3.06. The minimum atomic E-state index is -0.836. The number of hydrogen-bond acceptors (Lipinski definition) is 4. The molecule has 1 heterocycles. The molecule has 0 radical (unpaired) electrons. The normalized spacial score (nSPS) is 16.4.